The van der Waals surface area contributed by atoms with Crippen LogP contribution in [-0.2, 0) is 4.79 Å². The molecule has 0 aromatic carbocycles. The molecule has 3 heteroatoms. The number of rotatable bonds is 2. The van der Waals surface area contributed by atoms with Crippen molar-refractivity contribution in [3.8, 4) is 0 Å². The molecule has 2 fully saturated rings. The minimum Gasteiger partial charge on any atom is -0.342 e. The summed E-state index contributed by atoms with van der Waals surface area (Å²) in [5, 5.41) is 0. The number of hydrogen-bond acceptors (Lipinski definition) is 2. The first-order chi connectivity index (χ1) is 7.81. The molecule has 1 atom stereocenters. The minimum atomic E-state index is 0.319. The Morgan fingerprint density at radius 1 is 1.12 bits per heavy atom. The van der Waals surface area contributed by atoms with E-state index >= 15 is 0 Å². The number of nitrogens with zero attached hydrogens (tertiary/aromatic N) is 1. The van der Waals surface area contributed by atoms with Crippen LogP contribution in [0.15, 0.2) is 0 Å². The van der Waals surface area contributed by atoms with E-state index in [1.807, 2.05) is 0 Å². The summed E-state index contributed by atoms with van der Waals surface area (Å²) in [6.45, 7) is 2.58. The van der Waals surface area contributed by atoms with Crippen molar-refractivity contribution in [2.24, 2.45) is 17.6 Å². The fourth-order valence-corrected chi connectivity index (χ4v) is 3.01. The van der Waals surface area contributed by atoms with Crippen LogP contribution in [0, 0.1) is 11.8 Å². The monoisotopic (exact) mass is 224 g/mol. The Labute approximate surface area is 98.4 Å². The predicted molar refractivity (Wildman–Crippen MR) is 64.9 cm³/mol. The van der Waals surface area contributed by atoms with Crippen LogP contribution in [0.5, 0.6) is 0 Å². The SMILES string of the molecule is NCC1CCN(C(=O)C2CCCCCC2)C1. The lowest BCUT2D eigenvalue weighted by Gasteiger charge is -2.22. The Kier molecular flexibility index (Phi) is 4.22. The van der Waals surface area contributed by atoms with Gasteiger partial charge >= 0.3 is 0 Å². The number of nitrogens with two attached hydrogens (primary N) is 1. The van der Waals surface area contributed by atoms with Crippen LogP contribution in [0.2, 0.25) is 0 Å². The number of carbonyl (C=O) groups excluding carboxylic acids is 1. The summed E-state index contributed by atoms with van der Waals surface area (Å²) in [5.74, 6) is 1.28. The van der Waals surface area contributed by atoms with Crippen molar-refractivity contribution in [1.29, 1.82) is 0 Å². The van der Waals surface area contributed by atoms with Crippen LogP contribution in [0.1, 0.15) is 44.9 Å². The second-order valence-corrected chi connectivity index (χ2v) is 5.36. The molecule has 0 aromatic rings. The number of likely N-dealkylation sites (tertiary alicyclic amines) is 1. The van der Waals surface area contributed by atoms with E-state index in [4.69, 9.17) is 5.73 Å². The molecule has 2 aliphatic rings. The number of amides is 1. The molecular formula is C13H24N2O. The summed E-state index contributed by atoms with van der Waals surface area (Å²) < 4.78 is 0. The molecular weight excluding hydrogens is 200 g/mol. The molecule has 1 amide bonds. The van der Waals surface area contributed by atoms with E-state index in [0.29, 0.717) is 17.7 Å². The maximum absolute atomic E-state index is 12.3. The van der Waals surface area contributed by atoms with Crippen LogP contribution >= 0.6 is 0 Å². The molecule has 92 valence electrons. The van der Waals surface area contributed by atoms with Crippen LogP contribution in [-0.4, -0.2) is 30.4 Å². The van der Waals surface area contributed by atoms with Gasteiger partial charge in [0, 0.05) is 19.0 Å². The zero-order valence-corrected chi connectivity index (χ0v) is 10.2. The molecule has 0 spiro atoms. The molecule has 3 nitrogen and oxygen atoms in total. The van der Waals surface area contributed by atoms with Gasteiger partial charge < -0.3 is 10.6 Å². The lowest BCUT2D eigenvalue weighted by molar-refractivity contribution is -0.135. The van der Waals surface area contributed by atoms with E-state index in [1.54, 1.807) is 0 Å². The zero-order chi connectivity index (χ0) is 11.4. The van der Waals surface area contributed by atoms with Crippen molar-refractivity contribution in [2.45, 2.75) is 44.9 Å². The Bertz CT molecular complexity index is 234. The number of carbonyl (C=O) groups is 1. The molecule has 1 aliphatic heterocycles. The van der Waals surface area contributed by atoms with Gasteiger partial charge in [0.25, 0.3) is 0 Å². The van der Waals surface area contributed by atoms with Gasteiger partial charge in [-0.05, 0) is 31.7 Å². The third-order valence-corrected chi connectivity index (χ3v) is 4.14. The third kappa shape index (κ3) is 2.76. The summed E-state index contributed by atoms with van der Waals surface area (Å²) in [5.41, 5.74) is 5.66. The van der Waals surface area contributed by atoms with E-state index in [-0.39, 0.29) is 0 Å². The van der Waals surface area contributed by atoms with Crippen LogP contribution in [0.4, 0.5) is 0 Å². The largest absolute Gasteiger partial charge is 0.342 e. The van der Waals surface area contributed by atoms with E-state index in [9.17, 15) is 4.79 Å². The summed E-state index contributed by atoms with van der Waals surface area (Å²) in [6.07, 6.45) is 8.44. The molecule has 16 heavy (non-hydrogen) atoms. The maximum atomic E-state index is 12.3. The quantitative estimate of drug-likeness (QED) is 0.727. The van der Waals surface area contributed by atoms with Crippen molar-refractivity contribution in [1.82, 2.24) is 4.90 Å². The minimum absolute atomic E-state index is 0.319. The summed E-state index contributed by atoms with van der Waals surface area (Å²) in [7, 11) is 0. The van der Waals surface area contributed by atoms with E-state index in [0.717, 1.165) is 38.9 Å². The molecule has 1 unspecified atom stereocenters. The standard InChI is InChI=1S/C13H24N2O/c14-9-11-7-8-15(10-11)13(16)12-5-3-1-2-4-6-12/h11-12H,1-10,14H2. The van der Waals surface area contributed by atoms with Crippen molar-refractivity contribution < 1.29 is 4.79 Å². The highest BCUT2D eigenvalue weighted by Gasteiger charge is 2.30. The van der Waals surface area contributed by atoms with Crippen molar-refractivity contribution >= 4 is 5.91 Å². The molecule has 0 radical (unpaired) electrons. The first-order valence-corrected chi connectivity index (χ1v) is 6.80. The lowest BCUT2D eigenvalue weighted by atomic mass is 9.99. The second kappa shape index (κ2) is 5.67. The lowest BCUT2D eigenvalue weighted by Crippen LogP contribution is -2.35. The van der Waals surface area contributed by atoms with E-state index < -0.39 is 0 Å². The van der Waals surface area contributed by atoms with Gasteiger partial charge in [-0.2, -0.15) is 0 Å². The van der Waals surface area contributed by atoms with Gasteiger partial charge in [-0.3, -0.25) is 4.79 Å². The van der Waals surface area contributed by atoms with Crippen molar-refractivity contribution in [3.63, 3.8) is 0 Å². The number of hydrogen-bond donors (Lipinski definition) is 1. The van der Waals surface area contributed by atoms with Gasteiger partial charge in [0.05, 0.1) is 0 Å². The van der Waals surface area contributed by atoms with Crippen molar-refractivity contribution in [2.75, 3.05) is 19.6 Å². The molecule has 1 saturated carbocycles. The summed E-state index contributed by atoms with van der Waals surface area (Å²) in [4.78, 5) is 14.4. The summed E-state index contributed by atoms with van der Waals surface area (Å²) >= 11 is 0. The molecule has 2 rings (SSSR count). The Hall–Kier alpha value is -0.570. The molecule has 0 bridgehead atoms. The fraction of sp³-hybridized carbons (Fsp3) is 0.923. The summed E-state index contributed by atoms with van der Waals surface area (Å²) in [6, 6.07) is 0. The highest BCUT2D eigenvalue weighted by atomic mass is 16.2. The zero-order valence-electron chi connectivity index (χ0n) is 10.2. The average molecular weight is 224 g/mol. The van der Waals surface area contributed by atoms with E-state index in [2.05, 4.69) is 4.90 Å². The molecule has 1 heterocycles. The molecule has 2 N–H and O–H groups in total. The average Bonchev–Trinajstić information content (AvgIpc) is 2.62. The van der Waals surface area contributed by atoms with Crippen LogP contribution in [0.3, 0.4) is 0 Å². The Morgan fingerprint density at radius 3 is 2.38 bits per heavy atom. The highest BCUT2D eigenvalue weighted by Crippen LogP contribution is 2.26. The van der Waals surface area contributed by atoms with Gasteiger partial charge in [0.1, 0.15) is 0 Å². The fourth-order valence-electron chi connectivity index (χ4n) is 3.01. The van der Waals surface area contributed by atoms with Gasteiger partial charge in [0.15, 0.2) is 0 Å². The van der Waals surface area contributed by atoms with Crippen molar-refractivity contribution in [3.05, 3.63) is 0 Å². The second-order valence-electron chi connectivity index (χ2n) is 5.36. The molecule has 0 aromatic heterocycles. The van der Waals surface area contributed by atoms with Gasteiger partial charge in [-0.15, -0.1) is 0 Å². The highest BCUT2D eigenvalue weighted by molar-refractivity contribution is 5.79. The smallest absolute Gasteiger partial charge is 0.225 e. The van der Waals surface area contributed by atoms with Gasteiger partial charge in [-0.1, -0.05) is 25.7 Å². The predicted octanol–water partition coefficient (Wildman–Crippen LogP) is 1.76. The van der Waals surface area contributed by atoms with E-state index in [1.165, 1.54) is 25.7 Å². The molecule has 1 saturated heterocycles. The third-order valence-electron chi connectivity index (χ3n) is 4.14. The van der Waals surface area contributed by atoms with Gasteiger partial charge in [-0.25, -0.2) is 0 Å². The van der Waals surface area contributed by atoms with Gasteiger partial charge in [0.2, 0.25) is 5.91 Å². The molecule has 1 aliphatic carbocycles. The topological polar surface area (TPSA) is 46.3 Å². The first-order valence-electron chi connectivity index (χ1n) is 6.80. The first kappa shape index (κ1) is 11.9. The Balaban J connectivity index is 1.86. The maximum Gasteiger partial charge on any atom is 0.225 e. The van der Waals surface area contributed by atoms with Crippen LogP contribution in [0.25, 0.3) is 0 Å². The Morgan fingerprint density at radius 2 is 1.81 bits per heavy atom. The normalized spacial score (nSPS) is 28.1. The van der Waals surface area contributed by atoms with Crippen LogP contribution < -0.4 is 5.73 Å².